The number of nitrogens with zero attached hydrogens (tertiary/aromatic N) is 3. The lowest BCUT2D eigenvalue weighted by Crippen LogP contribution is -2.29. The zero-order chi connectivity index (χ0) is 27.9. The highest BCUT2D eigenvalue weighted by atomic mass is 28.3. The summed E-state index contributed by atoms with van der Waals surface area (Å²) >= 11 is 0. The third-order valence-electron chi connectivity index (χ3n) is 5.81. The number of amides is 3. The fourth-order valence-corrected chi connectivity index (χ4v) is 4.67. The van der Waals surface area contributed by atoms with Gasteiger partial charge in [-0.25, -0.2) is 14.6 Å². The van der Waals surface area contributed by atoms with E-state index >= 15 is 0 Å². The monoisotopic (exact) mass is 540 g/mol. The molecule has 0 unspecified atom stereocenters. The summed E-state index contributed by atoms with van der Waals surface area (Å²) < 4.78 is 7.48. The van der Waals surface area contributed by atoms with E-state index in [0.29, 0.717) is 24.4 Å². The number of carboxylic acid groups (broad SMARTS) is 2. The molecule has 1 aliphatic rings. The second-order valence-corrected chi connectivity index (χ2v) is 15.7. The first-order chi connectivity index (χ1) is 18.0. The van der Waals surface area contributed by atoms with E-state index in [2.05, 4.69) is 46.6 Å². The molecule has 13 heteroatoms. The van der Waals surface area contributed by atoms with Gasteiger partial charge in [-0.05, 0) is 37.1 Å². The van der Waals surface area contributed by atoms with Gasteiger partial charge in [-0.3, -0.25) is 14.7 Å². The predicted molar refractivity (Wildman–Crippen MR) is 144 cm³/mol. The fraction of sp³-hybridized carbons (Fsp3) is 0.400. The molecule has 2 bridgehead atoms. The summed E-state index contributed by atoms with van der Waals surface area (Å²) in [5, 5.41) is 36.3. The third kappa shape index (κ3) is 7.67. The second kappa shape index (κ2) is 12.4. The van der Waals surface area contributed by atoms with Gasteiger partial charge in [0.2, 0.25) is 5.91 Å². The maximum atomic E-state index is 12.7. The van der Waals surface area contributed by atoms with Crippen LogP contribution in [0.2, 0.25) is 25.7 Å². The van der Waals surface area contributed by atoms with Crippen molar-refractivity contribution in [2.75, 3.05) is 17.2 Å². The quantitative estimate of drug-likeness (QED) is 0.188. The minimum absolute atomic E-state index is 0.0163. The summed E-state index contributed by atoms with van der Waals surface area (Å²) in [7, 11) is -1.38. The molecule has 0 aliphatic carbocycles. The number of rotatable bonds is 7. The van der Waals surface area contributed by atoms with Gasteiger partial charge in [0.25, 0.3) is 0 Å². The van der Waals surface area contributed by atoms with Crippen molar-refractivity contribution < 1.29 is 29.3 Å². The van der Waals surface area contributed by atoms with Crippen LogP contribution in [0.25, 0.3) is 11.3 Å². The topological polar surface area (TPSA) is 179 Å². The van der Waals surface area contributed by atoms with Crippen LogP contribution in [0.3, 0.4) is 0 Å². The van der Waals surface area contributed by atoms with Crippen LogP contribution in [0.5, 0.6) is 0 Å². The van der Waals surface area contributed by atoms with Gasteiger partial charge in [-0.15, -0.1) is 0 Å². The van der Waals surface area contributed by atoms with Gasteiger partial charge in [0.05, 0.1) is 11.7 Å². The first-order valence-electron chi connectivity index (χ1n) is 12.2. The smallest absolute Gasteiger partial charge is 0.409 e. The van der Waals surface area contributed by atoms with Gasteiger partial charge in [0.15, 0.2) is 0 Å². The Balaban J connectivity index is 2.18. The first kappa shape index (κ1) is 28.4. The maximum Gasteiger partial charge on any atom is 0.409 e. The molecular weight excluding hydrogens is 508 g/mol. The Labute approximate surface area is 221 Å². The molecular formula is C25H32N6O6Si. The zero-order valence-corrected chi connectivity index (χ0v) is 22.6. The molecule has 3 rings (SSSR count). The van der Waals surface area contributed by atoms with Crippen LogP contribution in [0, 0.1) is 11.3 Å². The zero-order valence-electron chi connectivity index (χ0n) is 21.6. The van der Waals surface area contributed by atoms with Crippen molar-refractivity contribution in [3.8, 4) is 17.3 Å². The average molecular weight is 541 g/mol. The number of benzene rings is 1. The van der Waals surface area contributed by atoms with Gasteiger partial charge >= 0.3 is 12.2 Å². The minimum atomic E-state index is -1.38. The Morgan fingerprint density at radius 1 is 1.26 bits per heavy atom. The van der Waals surface area contributed by atoms with Crippen LogP contribution in [-0.4, -0.2) is 52.5 Å². The molecule has 202 valence electrons. The molecule has 3 amide bonds. The van der Waals surface area contributed by atoms with E-state index in [1.807, 2.05) is 0 Å². The van der Waals surface area contributed by atoms with Crippen molar-refractivity contribution in [1.29, 1.82) is 5.26 Å². The Hall–Kier alpha value is -4.15. The fourth-order valence-electron chi connectivity index (χ4n) is 3.91. The van der Waals surface area contributed by atoms with Crippen LogP contribution in [0.15, 0.2) is 30.4 Å². The number of anilines is 2. The van der Waals surface area contributed by atoms with Gasteiger partial charge in [0, 0.05) is 32.4 Å². The van der Waals surface area contributed by atoms with Crippen LogP contribution >= 0.6 is 0 Å². The van der Waals surface area contributed by atoms with Gasteiger partial charge in [0.1, 0.15) is 30.0 Å². The third-order valence-corrected chi connectivity index (χ3v) is 7.51. The lowest BCUT2D eigenvalue weighted by molar-refractivity contribution is -0.116. The molecule has 1 atom stereocenters. The molecule has 2 heterocycles. The van der Waals surface area contributed by atoms with Crippen molar-refractivity contribution in [2.45, 2.75) is 57.7 Å². The Kier molecular flexibility index (Phi) is 9.27. The molecule has 38 heavy (non-hydrogen) atoms. The molecule has 12 nitrogen and oxygen atoms in total. The van der Waals surface area contributed by atoms with Crippen molar-refractivity contribution in [2.24, 2.45) is 0 Å². The van der Waals surface area contributed by atoms with E-state index in [-0.39, 0.29) is 48.2 Å². The number of nitrogens with one attached hydrogen (secondary N) is 3. The standard InChI is InChI=1S/C25H32N6O6Si/c1-38(2,3)12-11-37-15-31-20(14-26)22-17-10-9-16(27-24(33)34)13-19(17)28-21(32)8-6-4-5-7-18(23(31)30-22)29-25(35)36/h4-5,9-10,13,18,27,29H,6-8,11-12,15H2,1-3H3,(H,28,32)(H,33,34)(H,35,36)/b5-4+/t18-/m0/s1. The molecule has 0 saturated heterocycles. The van der Waals surface area contributed by atoms with Crippen molar-refractivity contribution in [3.63, 3.8) is 0 Å². The number of hydrogen-bond acceptors (Lipinski definition) is 6. The van der Waals surface area contributed by atoms with Gasteiger partial charge < -0.3 is 25.6 Å². The average Bonchev–Trinajstić information content (AvgIpc) is 3.17. The second-order valence-electron chi connectivity index (χ2n) is 10.0. The molecule has 0 radical (unpaired) electrons. The molecule has 0 fully saturated rings. The summed E-state index contributed by atoms with van der Waals surface area (Å²) in [6.45, 7) is 7.12. The number of carbonyl (C=O) groups excluding carboxylic acids is 1. The summed E-state index contributed by atoms with van der Waals surface area (Å²) in [6, 6.07) is 6.78. The number of fused-ring (bicyclic) bond motifs is 4. The normalized spacial score (nSPS) is 16.5. The minimum Gasteiger partial charge on any atom is -0.465 e. The highest BCUT2D eigenvalue weighted by Gasteiger charge is 2.27. The van der Waals surface area contributed by atoms with E-state index in [1.54, 1.807) is 22.8 Å². The van der Waals surface area contributed by atoms with E-state index < -0.39 is 26.3 Å². The molecule has 2 aromatic rings. The SMILES string of the molecule is C[Si](C)(C)CCOCn1c2nc(c1C#N)-c1ccc(NC(=O)O)cc1NC(=O)CC/C=C/C[C@@H]2NC(=O)O. The van der Waals surface area contributed by atoms with E-state index in [4.69, 9.17) is 9.84 Å². The largest absolute Gasteiger partial charge is 0.465 e. The number of allylic oxidation sites excluding steroid dienone is 1. The van der Waals surface area contributed by atoms with Gasteiger partial charge in [-0.2, -0.15) is 5.26 Å². The maximum absolute atomic E-state index is 12.7. The van der Waals surface area contributed by atoms with Crippen molar-refractivity contribution >= 4 is 37.5 Å². The molecule has 1 aromatic heterocycles. The summed E-state index contributed by atoms with van der Waals surface area (Å²) in [5.41, 5.74) is 1.21. The molecule has 0 saturated carbocycles. The molecule has 5 N–H and O–H groups in total. The predicted octanol–water partition coefficient (Wildman–Crippen LogP) is 4.81. The van der Waals surface area contributed by atoms with Gasteiger partial charge in [-0.1, -0.05) is 31.8 Å². The van der Waals surface area contributed by atoms with Crippen molar-refractivity contribution in [1.82, 2.24) is 14.9 Å². The van der Waals surface area contributed by atoms with Crippen LogP contribution < -0.4 is 16.0 Å². The van der Waals surface area contributed by atoms with Crippen molar-refractivity contribution in [3.05, 3.63) is 41.9 Å². The van der Waals surface area contributed by atoms with E-state index in [1.165, 1.54) is 12.1 Å². The molecule has 1 aliphatic heterocycles. The Morgan fingerprint density at radius 3 is 2.68 bits per heavy atom. The number of imidazole rings is 1. The van der Waals surface area contributed by atoms with E-state index in [0.717, 1.165) is 6.04 Å². The van der Waals surface area contributed by atoms with E-state index in [9.17, 15) is 24.8 Å². The highest BCUT2D eigenvalue weighted by Crippen LogP contribution is 2.35. The summed E-state index contributed by atoms with van der Waals surface area (Å²) in [6.07, 6.45) is 1.84. The highest BCUT2D eigenvalue weighted by molar-refractivity contribution is 6.76. The summed E-state index contributed by atoms with van der Waals surface area (Å²) in [4.78, 5) is 40.2. The number of carbonyl (C=O) groups is 3. The van der Waals surface area contributed by atoms with Crippen LogP contribution in [-0.2, 0) is 16.3 Å². The Bertz CT molecular complexity index is 1280. The van der Waals surface area contributed by atoms with Crippen LogP contribution in [0.1, 0.15) is 36.8 Å². The molecule has 1 aromatic carbocycles. The lowest BCUT2D eigenvalue weighted by atomic mass is 10.1. The first-order valence-corrected chi connectivity index (χ1v) is 15.9. The lowest BCUT2D eigenvalue weighted by Gasteiger charge is -2.19. The Morgan fingerprint density at radius 2 is 2.03 bits per heavy atom. The summed E-state index contributed by atoms with van der Waals surface area (Å²) in [5.74, 6) is -0.0171. The van der Waals surface area contributed by atoms with Crippen LogP contribution in [0.4, 0.5) is 21.0 Å². The number of aromatic nitrogens is 2. The number of hydrogen-bond donors (Lipinski definition) is 5. The number of nitriles is 1. The number of ether oxygens (including phenoxy) is 1. The molecule has 0 spiro atoms.